The molecule has 2 atom stereocenters. The average molecular weight is 378 g/mol. The van der Waals surface area contributed by atoms with Gasteiger partial charge in [-0.1, -0.05) is 30.3 Å². The van der Waals surface area contributed by atoms with Gasteiger partial charge in [0.15, 0.2) is 12.4 Å². The van der Waals surface area contributed by atoms with Gasteiger partial charge in [0.25, 0.3) is 5.91 Å². The number of hydrogen-bond acceptors (Lipinski definition) is 4. The summed E-state index contributed by atoms with van der Waals surface area (Å²) in [7, 11) is 0. The second-order valence-corrected chi connectivity index (χ2v) is 7.64. The number of likely N-dealkylation sites (tertiary alicyclic amines) is 1. The fraction of sp³-hybridized carbons (Fsp3) is 0.391. The van der Waals surface area contributed by atoms with Gasteiger partial charge >= 0.3 is 0 Å². The van der Waals surface area contributed by atoms with Crippen LogP contribution in [0.4, 0.5) is 0 Å². The summed E-state index contributed by atoms with van der Waals surface area (Å²) in [6.07, 6.45) is 2.14. The summed E-state index contributed by atoms with van der Waals surface area (Å²) >= 11 is 0. The van der Waals surface area contributed by atoms with E-state index in [-0.39, 0.29) is 18.3 Å². The number of nitrogens with zero attached hydrogens (tertiary/aromatic N) is 1. The van der Waals surface area contributed by atoms with Crippen LogP contribution in [0.25, 0.3) is 0 Å². The number of carbonyl (C=O) groups excluding carboxylic acids is 2. The van der Waals surface area contributed by atoms with Gasteiger partial charge < -0.3 is 15.0 Å². The van der Waals surface area contributed by atoms with Crippen LogP contribution in [0.5, 0.6) is 5.75 Å². The predicted molar refractivity (Wildman–Crippen MR) is 107 cm³/mol. The van der Waals surface area contributed by atoms with E-state index in [2.05, 4.69) is 5.32 Å². The predicted octanol–water partition coefficient (Wildman–Crippen LogP) is 2.75. The van der Waals surface area contributed by atoms with Gasteiger partial charge in [-0.15, -0.1) is 0 Å². The van der Waals surface area contributed by atoms with Crippen LogP contribution in [-0.4, -0.2) is 49.4 Å². The monoisotopic (exact) mass is 378 g/mol. The Morgan fingerprint density at radius 1 is 0.893 bits per heavy atom. The molecule has 5 heteroatoms. The zero-order valence-electron chi connectivity index (χ0n) is 16.0. The van der Waals surface area contributed by atoms with Crippen LogP contribution in [0.3, 0.4) is 0 Å². The van der Waals surface area contributed by atoms with Crippen LogP contribution in [0.15, 0.2) is 54.6 Å². The number of carbonyl (C=O) groups is 2. The molecule has 2 aromatic rings. The fourth-order valence-corrected chi connectivity index (χ4v) is 4.16. The van der Waals surface area contributed by atoms with Gasteiger partial charge in [0.1, 0.15) is 5.75 Å². The van der Waals surface area contributed by atoms with E-state index >= 15 is 0 Å². The van der Waals surface area contributed by atoms with Gasteiger partial charge in [-0.2, -0.15) is 0 Å². The first kappa shape index (κ1) is 18.7. The second-order valence-electron chi connectivity index (χ2n) is 7.64. The van der Waals surface area contributed by atoms with Gasteiger partial charge in [-0.25, -0.2) is 0 Å². The minimum Gasteiger partial charge on any atom is -0.484 e. The smallest absolute Gasteiger partial charge is 0.260 e. The molecule has 0 unspecified atom stereocenters. The molecular formula is C23H26N2O3. The minimum atomic E-state index is -0.0205. The maximum atomic E-state index is 12.5. The number of nitrogens with one attached hydrogen (secondary N) is 1. The molecule has 2 aliphatic heterocycles. The van der Waals surface area contributed by atoms with E-state index < -0.39 is 0 Å². The highest BCUT2D eigenvalue weighted by Crippen LogP contribution is 2.27. The zero-order valence-corrected chi connectivity index (χ0v) is 16.0. The molecule has 1 amide bonds. The number of hydrogen-bond donors (Lipinski definition) is 1. The lowest BCUT2D eigenvalue weighted by atomic mass is 9.92. The number of rotatable bonds is 5. The molecule has 0 bridgehead atoms. The first-order chi connectivity index (χ1) is 13.7. The number of amides is 1. The summed E-state index contributed by atoms with van der Waals surface area (Å²) in [6, 6.07) is 16.2. The van der Waals surface area contributed by atoms with Crippen molar-refractivity contribution < 1.29 is 14.3 Å². The van der Waals surface area contributed by atoms with Crippen molar-refractivity contribution in [1.82, 2.24) is 10.2 Å². The number of ketones is 1. The number of benzene rings is 2. The van der Waals surface area contributed by atoms with Gasteiger partial charge in [-0.05, 0) is 62.0 Å². The summed E-state index contributed by atoms with van der Waals surface area (Å²) in [6.45, 7) is 3.83. The van der Waals surface area contributed by atoms with Crippen LogP contribution in [0, 0.1) is 11.8 Å². The van der Waals surface area contributed by atoms with Crippen LogP contribution in [0.2, 0.25) is 0 Å². The SMILES string of the molecule is O=C(c1ccccc1)c1ccc(OCC(=O)N2CC[C@@H]3CNC[C@@H]3CC2)cc1. The standard InChI is InChI=1S/C23H26N2O3/c26-22(25-12-10-19-14-24-15-20(19)11-13-25)16-28-21-8-6-18(7-9-21)23(27)17-4-2-1-3-5-17/h1-9,19-20,24H,10-16H2/t19-,20+. The molecule has 0 aromatic heterocycles. The van der Waals surface area contributed by atoms with Gasteiger partial charge in [0.2, 0.25) is 0 Å². The molecule has 0 radical (unpaired) electrons. The Balaban J connectivity index is 1.30. The molecule has 5 nitrogen and oxygen atoms in total. The lowest BCUT2D eigenvalue weighted by Gasteiger charge is -2.21. The van der Waals surface area contributed by atoms with E-state index in [0.29, 0.717) is 28.7 Å². The molecule has 28 heavy (non-hydrogen) atoms. The molecule has 4 rings (SSSR count). The molecule has 2 aliphatic rings. The summed E-state index contributed by atoms with van der Waals surface area (Å²) in [4.78, 5) is 26.9. The van der Waals surface area contributed by atoms with Crippen LogP contribution in [0.1, 0.15) is 28.8 Å². The first-order valence-electron chi connectivity index (χ1n) is 10.0. The molecule has 2 saturated heterocycles. The van der Waals surface area contributed by atoms with Crippen LogP contribution < -0.4 is 10.1 Å². The van der Waals surface area contributed by atoms with E-state index in [0.717, 1.165) is 39.0 Å². The van der Waals surface area contributed by atoms with Crippen molar-refractivity contribution in [2.75, 3.05) is 32.8 Å². The molecule has 1 N–H and O–H groups in total. The van der Waals surface area contributed by atoms with Gasteiger partial charge in [-0.3, -0.25) is 9.59 Å². The largest absolute Gasteiger partial charge is 0.484 e. The van der Waals surface area contributed by atoms with Crippen molar-refractivity contribution >= 4 is 11.7 Å². The van der Waals surface area contributed by atoms with Crippen molar-refractivity contribution in [3.63, 3.8) is 0 Å². The fourth-order valence-electron chi connectivity index (χ4n) is 4.16. The Bertz CT molecular complexity index is 806. The molecule has 2 aromatic carbocycles. The summed E-state index contributed by atoms with van der Waals surface area (Å²) in [5, 5.41) is 3.45. The molecular weight excluding hydrogens is 352 g/mol. The Kier molecular flexibility index (Phi) is 5.72. The molecule has 2 heterocycles. The Hall–Kier alpha value is -2.66. The number of fused-ring (bicyclic) bond motifs is 1. The first-order valence-corrected chi connectivity index (χ1v) is 10.0. The third-order valence-corrected chi connectivity index (χ3v) is 5.89. The minimum absolute atomic E-state index is 0.0205. The Morgan fingerprint density at radius 2 is 1.50 bits per heavy atom. The van der Waals surface area contributed by atoms with Gasteiger partial charge in [0.05, 0.1) is 0 Å². The molecule has 0 spiro atoms. The lowest BCUT2D eigenvalue weighted by Crippen LogP contribution is -2.36. The van der Waals surface area contributed by atoms with E-state index in [9.17, 15) is 9.59 Å². The van der Waals surface area contributed by atoms with E-state index in [1.54, 1.807) is 36.4 Å². The highest BCUT2D eigenvalue weighted by Gasteiger charge is 2.31. The highest BCUT2D eigenvalue weighted by atomic mass is 16.5. The normalized spacial score (nSPS) is 21.6. The molecule has 146 valence electrons. The van der Waals surface area contributed by atoms with Crippen molar-refractivity contribution in [3.8, 4) is 5.75 Å². The summed E-state index contributed by atoms with van der Waals surface area (Å²) in [5.74, 6) is 2.03. The molecule has 2 fully saturated rings. The highest BCUT2D eigenvalue weighted by molar-refractivity contribution is 6.08. The topological polar surface area (TPSA) is 58.6 Å². The third kappa shape index (κ3) is 4.25. The molecule has 0 saturated carbocycles. The van der Waals surface area contributed by atoms with Crippen molar-refractivity contribution in [3.05, 3.63) is 65.7 Å². The Morgan fingerprint density at radius 3 is 2.14 bits per heavy atom. The van der Waals surface area contributed by atoms with Crippen molar-refractivity contribution in [2.45, 2.75) is 12.8 Å². The second kappa shape index (κ2) is 8.57. The summed E-state index contributed by atoms with van der Waals surface area (Å²) in [5.41, 5.74) is 1.27. The van der Waals surface area contributed by atoms with E-state index in [1.165, 1.54) is 0 Å². The van der Waals surface area contributed by atoms with Crippen LogP contribution >= 0.6 is 0 Å². The zero-order chi connectivity index (χ0) is 19.3. The van der Waals surface area contributed by atoms with Gasteiger partial charge in [0, 0.05) is 24.2 Å². The maximum Gasteiger partial charge on any atom is 0.260 e. The number of ether oxygens (including phenoxy) is 1. The lowest BCUT2D eigenvalue weighted by molar-refractivity contribution is -0.133. The average Bonchev–Trinajstić information content (AvgIpc) is 3.10. The third-order valence-electron chi connectivity index (χ3n) is 5.89. The quantitative estimate of drug-likeness (QED) is 0.813. The van der Waals surface area contributed by atoms with Crippen LogP contribution in [-0.2, 0) is 4.79 Å². The van der Waals surface area contributed by atoms with Crippen molar-refractivity contribution in [1.29, 1.82) is 0 Å². The summed E-state index contributed by atoms with van der Waals surface area (Å²) < 4.78 is 5.68. The van der Waals surface area contributed by atoms with Crippen molar-refractivity contribution in [2.24, 2.45) is 11.8 Å². The maximum absolute atomic E-state index is 12.5. The molecule has 0 aliphatic carbocycles. The van der Waals surface area contributed by atoms with E-state index in [1.807, 2.05) is 23.1 Å². The Labute approximate surface area is 165 Å². The van der Waals surface area contributed by atoms with E-state index in [4.69, 9.17) is 4.74 Å².